The highest BCUT2D eigenvalue weighted by Crippen LogP contribution is 2.26. The van der Waals surface area contributed by atoms with E-state index in [1.807, 2.05) is 11.8 Å². The van der Waals surface area contributed by atoms with Gasteiger partial charge in [0.2, 0.25) is 5.91 Å². The first-order valence-corrected chi connectivity index (χ1v) is 11.7. The molecular weight excluding hydrogens is 484 g/mol. The molecule has 1 aromatic heterocycles. The highest BCUT2D eigenvalue weighted by Gasteiger charge is 2.38. The molecule has 1 aliphatic heterocycles. The molecule has 1 saturated heterocycles. The summed E-state index contributed by atoms with van der Waals surface area (Å²) in [5.41, 5.74) is 2.01. The number of alkyl halides is 3. The molecule has 4 rings (SSSR count). The minimum absolute atomic E-state index is 0.115. The summed E-state index contributed by atoms with van der Waals surface area (Å²) in [4.78, 5) is 40.6. The van der Waals surface area contributed by atoms with Crippen molar-refractivity contribution in [2.24, 2.45) is 0 Å². The molecule has 2 fully saturated rings. The number of carbonyl (C=O) groups excluding carboxylic acids is 2. The second-order valence-corrected chi connectivity index (χ2v) is 9.17. The number of rotatable bonds is 3. The first-order valence-electron chi connectivity index (χ1n) is 11.7. The zero-order valence-corrected chi connectivity index (χ0v) is 20.1. The van der Waals surface area contributed by atoms with E-state index in [9.17, 15) is 27.2 Å². The molecule has 8 nitrogen and oxygen atoms in total. The lowest BCUT2D eigenvalue weighted by Crippen LogP contribution is -2.54. The Kier molecular flexibility index (Phi) is 8.59. The van der Waals surface area contributed by atoms with Gasteiger partial charge in [-0.05, 0) is 50.3 Å². The largest absolute Gasteiger partial charge is 0.490 e. The average molecular weight is 515 g/mol. The van der Waals surface area contributed by atoms with Gasteiger partial charge in [-0.3, -0.25) is 14.5 Å². The molecule has 2 heterocycles. The number of hydrogen-bond donors (Lipinski definition) is 3. The smallest absolute Gasteiger partial charge is 0.475 e. The summed E-state index contributed by atoms with van der Waals surface area (Å²) >= 11 is 0. The Morgan fingerprint density at radius 1 is 1.11 bits per heavy atom. The van der Waals surface area contributed by atoms with Crippen molar-refractivity contribution in [2.75, 3.05) is 26.2 Å². The number of halogens is 4. The number of aliphatic carboxylic acids is 1. The number of nitrogens with one attached hydrogen (secondary N) is 2. The van der Waals surface area contributed by atoms with Gasteiger partial charge in [0.05, 0.1) is 5.52 Å². The van der Waals surface area contributed by atoms with Crippen molar-refractivity contribution in [3.8, 4) is 0 Å². The van der Waals surface area contributed by atoms with E-state index in [1.165, 1.54) is 6.07 Å². The zero-order chi connectivity index (χ0) is 26.6. The standard InChI is InChI=1S/C22H29FN4O2.C2HF3O2/c1-14-6-7-19(23)18-13-20(25-21(14)18)22(29)24-16-4-3-5-17(12-16)27-10-8-26(9-11-27)15(2)28;3-2(4,5)1(6)7/h6-7,13,16-17,25H,3-5,8-12H2,1-2H3,(H,24,29);(H,6,7)/t16-,17+;/m1./s1. The number of carboxylic acid groups (broad SMARTS) is 1. The number of aryl methyl sites for hydroxylation is 1. The van der Waals surface area contributed by atoms with Crippen molar-refractivity contribution in [1.82, 2.24) is 20.1 Å². The lowest BCUT2D eigenvalue weighted by molar-refractivity contribution is -0.192. The van der Waals surface area contributed by atoms with Gasteiger partial charge < -0.3 is 20.3 Å². The number of benzene rings is 1. The fourth-order valence-corrected chi connectivity index (χ4v) is 4.74. The number of carboxylic acids is 1. The van der Waals surface area contributed by atoms with E-state index in [0.717, 1.165) is 57.4 Å². The normalized spacial score (nSPS) is 21.0. The number of piperazine rings is 1. The van der Waals surface area contributed by atoms with Crippen LogP contribution in [0.5, 0.6) is 0 Å². The monoisotopic (exact) mass is 514 g/mol. The van der Waals surface area contributed by atoms with Gasteiger partial charge in [0.25, 0.3) is 5.91 Å². The number of aromatic nitrogens is 1. The van der Waals surface area contributed by atoms with E-state index >= 15 is 0 Å². The van der Waals surface area contributed by atoms with Crippen LogP contribution >= 0.6 is 0 Å². The molecule has 2 aromatic rings. The second-order valence-electron chi connectivity index (χ2n) is 9.17. The van der Waals surface area contributed by atoms with Gasteiger partial charge in [0.1, 0.15) is 11.5 Å². The van der Waals surface area contributed by atoms with Gasteiger partial charge in [-0.1, -0.05) is 6.07 Å². The number of amides is 2. The van der Waals surface area contributed by atoms with Gasteiger partial charge in [-0.25, -0.2) is 9.18 Å². The molecule has 0 radical (unpaired) electrons. The third-order valence-corrected chi connectivity index (χ3v) is 6.69. The summed E-state index contributed by atoms with van der Waals surface area (Å²) in [6.45, 7) is 6.87. The predicted molar refractivity (Wildman–Crippen MR) is 124 cm³/mol. The van der Waals surface area contributed by atoms with Crippen molar-refractivity contribution in [1.29, 1.82) is 0 Å². The van der Waals surface area contributed by atoms with E-state index in [1.54, 1.807) is 19.1 Å². The number of nitrogens with zero attached hydrogens (tertiary/aromatic N) is 2. The Bertz CT molecular complexity index is 1070. The van der Waals surface area contributed by atoms with E-state index in [2.05, 4.69) is 15.2 Å². The Morgan fingerprint density at radius 3 is 2.31 bits per heavy atom. The van der Waals surface area contributed by atoms with Crippen LogP contribution in [0.4, 0.5) is 17.6 Å². The molecule has 198 valence electrons. The van der Waals surface area contributed by atoms with Crippen LogP contribution in [-0.4, -0.2) is 82.1 Å². The fourth-order valence-electron chi connectivity index (χ4n) is 4.74. The van der Waals surface area contributed by atoms with Crippen LogP contribution in [-0.2, 0) is 9.59 Å². The van der Waals surface area contributed by atoms with Crippen LogP contribution in [0.1, 0.15) is 48.7 Å². The van der Waals surface area contributed by atoms with Crippen LogP contribution in [0.15, 0.2) is 18.2 Å². The van der Waals surface area contributed by atoms with E-state index < -0.39 is 12.1 Å². The SMILES string of the molecule is CC(=O)N1CCN([C@H]2CCC[C@@H](NC(=O)c3cc4c(F)ccc(C)c4[nH]3)C2)CC1.O=C(O)C(F)(F)F. The molecule has 1 aromatic carbocycles. The van der Waals surface area contributed by atoms with Crippen molar-refractivity contribution in [3.05, 3.63) is 35.3 Å². The molecule has 3 N–H and O–H groups in total. The Labute approximate surface area is 205 Å². The van der Waals surface area contributed by atoms with Crippen molar-refractivity contribution in [3.63, 3.8) is 0 Å². The molecule has 0 unspecified atom stereocenters. The number of carbonyl (C=O) groups is 3. The summed E-state index contributed by atoms with van der Waals surface area (Å²) in [6.07, 6.45) is -1.01. The number of H-pyrrole nitrogens is 1. The first-order chi connectivity index (χ1) is 16.9. The topological polar surface area (TPSA) is 106 Å². The number of aromatic amines is 1. The zero-order valence-electron chi connectivity index (χ0n) is 20.1. The lowest BCUT2D eigenvalue weighted by Gasteiger charge is -2.42. The molecule has 12 heteroatoms. The summed E-state index contributed by atoms with van der Waals surface area (Å²) in [5, 5.41) is 10.7. The molecule has 1 saturated carbocycles. The number of hydrogen-bond acceptors (Lipinski definition) is 4. The predicted octanol–water partition coefficient (Wildman–Crippen LogP) is 3.45. The van der Waals surface area contributed by atoms with Gasteiger partial charge in [0.15, 0.2) is 0 Å². The van der Waals surface area contributed by atoms with Crippen LogP contribution in [0.25, 0.3) is 10.9 Å². The second kappa shape index (κ2) is 11.3. The van der Waals surface area contributed by atoms with Crippen LogP contribution in [0, 0.1) is 12.7 Å². The molecule has 2 aliphatic rings. The van der Waals surface area contributed by atoms with E-state index in [0.29, 0.717) is 22.6 Å². The quantitative estimate of drug-likeness (QED) is 0.545. The molecule has 2 atom stereocenters. The van der Waals surface area contributed by atoms with Gasteiger partial charge in [-0.15, -0.1) is 0 Å². The molecule has 36 heavy (non-hydrogen) atoms. The Balaban J connectivity index is 0.000000454. The summed E-state index contributed by atoms with van der Waals surface area (Å²) in [7, 11) is 0. The minimum Gasteiger partial charge on any atom is -0.475 e. The molecular formula is C24H30F4N4O4. The maximum absolute atomic E-state index is 14.1. The maximum Gasteiger partial charge on any atom is 0.490 e. The molecule has 2 amide bonds. The van der Waals surface area contributed by atoms with Gasteiger partial charge >= 0.3 is 12.1 Å². The minimum atomic E-state index is -5.08. The Morgan fingerprint density at radius 2 is 1.75 bits per heavy atom. The molecule has 1 aliphatic carbocycles. The highest BCUT2D eigenvalue weighted by molar-refractivity contribution is 5.99. The maximum atomic E-state index is 14.1. The number of fused-ring (bicyclic) bond motifs is 1. The van der Waals surface area contributed by atoms with Crippen LogP contribution < -0.4 is 5.32 Å². The van der Waals surface area contributed by atoms with E-state index in [-0.39, 0.29) is 23.7 Å². The van der Waals surface area contributed by atoms with Crippen molar-refractivity contribution < 1.29 is 37.1 Å². The molecule has 0 bridgehead atoms. The van der Waals surface area contributed by atoms with Gasteiger partial charge in [-0.2, -0.15) is 13.2 Å². The average Bonchev–Trinajstić information content (AvgIpc) is 3.29. The van der Waals surface area contributed by atoms with Crippen LogP contribution in [0.3, 0.4) is 0 Å². The highest BCUT2D eigenvalue weighted by atomic mass is 19.4. The van der Waals surface area contributed by atoms with E-state index in [4.69, 9.17) is 9.90 Å². The third-order valence-electron chi connectivity index (χ3n) is 6.69. The summed E-state index contributed by atoms with van der Waals surface area (Å²) in [5.74, 6) is -3.11. The van der Waals surface area contributed by atoms with Crippen LogP contribution in [0.2, 0.25) is 0 Å². The lowest BCUT2D eigenvalue weighted by atomic mass is 9.89. The van der Waals surface area contributed by atoms with Crippen molar-refractivity contribution >= 4 is 28.7 Å². The fraction of sp³-hybridized carbons (Fsp3) is 0.542. The molecule has 0 spiro atoms. The Hall–Kier alpha value is -3.15. The first kappa shape index (κ1) is 27.4. The van der Waals surface area contributed by atoms with Gasteiger partial charge in [0, 0.05) is 50.6 Å². The summed E-state index contributed by atoms with van der Waals surface area (Å²) in [6, 6.07) is 5.31. The van der Waals surface area contributed by atoms with Crippen molar-refractivity contribution in [2.45, 2.75) is 57.8 Å². The third kappa shape index (κ3) is 6.74. The summed E-state index contributed by atoms with van der Waals surface area (Å²) < 4.78 is 45.8.